The monoisotopic (exact) mass is 396 g/mol. The van der Waals surface area contributed by atoms with Crippen LogP contribution in [0.15, 0.2) is 48.5 Å². The van der Waals surface area contributed by atoms with Crippen molar-refractivity contribution in [1.29, 1.82) is 0 Å². The van der Waals surface area contributed by atoms with E-state index in [1.165, 1.54) is 0 Å². The normalized spacial score (nSPS) is 11.8. The molecule has 0 aliphatic carbocycles. The molecule has 0 aromatic heterocycles. The van der Waals surface area contributed by atoms with Crippen molar-refractivity contribution in [2.75, 3.05) is 6.61 Å². The van der Waals surface area contributed by atoms with Gasteiger partial charge >= 0.3 is 0 Å². The van der Waals surface area contributed by atoms with Crippen molar-refractivity contribution in [1.82, 2.24) is 10.2 Å². The van der Waals surface area contributed by atoms with E-state index in [-0.39, 0.29) is 24.5 Å². The summed E-state index contributed by atoms with van der Waals surface area (Å²) in [4.78, 5) is 27.5. The van der Waals surface area contributed by atoms with Crippen molar-refractivity contribution in [2.45, 2.75) is 59.7 Å². The molecule has 0 aliphatic rings. The Bertz CT molecular complexity index is 815. The maximum Gasteiger partial charge on any atom is 0.261 e. The molecule has 0 bridgehead atoms. The van der Waals surface area contributed by atoms with E-state index in [0.717, 1.165) is 16.7 Å². The largest absolute Gasteiger partial charge is 0.484 e. The second kappa shape index (κ2) is 10.6. The van der Waals surface area contributed by atoms with E-state index in [1.807, 2.05) is 83.1 Å². The molecule has 5 heteroatoms. The van der Waals surface area contributed by atoms with Gasteiger partial charge in [-0.05, 0) is 57.4 Å². The molecule has 0 aliphatic heterocycles. The molecular formula is C24H32N2O3. The molecule has 0 saturated heterocycles. The van der Waals surface area contributed by atoms with Crippen LogP contribution in [0, 0.1) is 13.8 Å². The molecule has 0 spiro atoms. The highest BCUT2D eigenvalue weighted by molar-refractivity contribution is 5.88. The molecule has 0 heterocycles. The lowest BCUT2D eigenvalue weighted by Crippen LogP contribution is -2.51. The van der Waals surface area contributed by atoms with Crippen molar-refractivity contribution in [3.05, 3.63) is 65.2 Å². The molecule has 2 rings (SSSR count). The molecule has 1 N–H and O–H groups in total. The van der Waals surface area contributed by atoms with Gasteiger partial charge in [0.2, 0.25) is 5.91 Å². The Balaban J connectivity index is 2.21. The Hall–Kier alpha value is -2.82. The summed E-state index contributed by atoms with van der Waals surface area (Å²) in [6.07, 6.45) is 0.528. The van der Waals surface area contributed by atoms with E-state index in [1.54, 1.807) is 4.90 Å². The minimum Gasteiger partial charge on any atom is -0.484 e. The molecule has 1 atom stereocenters. The Morgan fingerprint density at radius 2 is 1.69 bits per heavy atom. The summed E-state index contributed by atoms with van der Waals surface area (Å²) in [6, 6.07) is 14.9. The zero-order valence-electron chi connectivity index (χ0n) is 18.1. The van der Waals surface area contributed by atoms with Gasteiger partial charge in [0, 0.05) is 12.6 Å². The first-order valence-corrected chi connectivity index (χ1v) is 10.2. The van der Waals surface area contributed by atoms with Gasteiger partial charge in [-0.15, -0.1) is 0 Å². The maximum absolute atomic E-state index is 13.1. The lowest BCUT2D eigenvalue weighted by molar-refractivity contribution is -0.143. The van der Waals surface area contributed by atoms with Gasteiger partial charge in [-0.2, -0.15) is 0 Å². The third-order valence-corrected chi connectivity index (χ3v) is 4.80. The summed E-state index contributed by atoms with van der Waals surface area (Å²) < 4.78 is 5.70. The third kappa shape index (κ3) is 6.63. The molecule has 2 amide bonds. The lowest BCUT2D eigenvalue weighted by atomic mass is 10.1. The minimum absolute atomic E-state index is 0.00997. The Kier molecular flexibility index (Phi) is 8.25. The van der Waals surface area contributed by atoms with Crippen molar-refractivity contribution in [3.63, 3.8) is 0 Å². The Morgan fingerprint density at radius 3 is 2.28 bits per heavy atom. The van der Waals surface area contributed by atoms with Crippen LogP contribution in [-0.2, 0) is 16.1 Å². The quantitative estimate of drug-likeness (QED) is 0.697. The van der Waals surface area contributed by atoms with Crippen LogP contribution in [0.4, 0.5) is 0 Å². The number of aryl methyl sites for hydroxylation is 2. The van der Waals surface area contributed by atoms with Gasteiger partial charge in [-0.25, -0.2) is 0 Å². The number of nitrogens with one attached hydrogen (secondary N) is 1. The fraction of sp³-hybridized carbons (Fsp3) is 0.417. The van der Waals surface area contributed by atoms with Crippen LogP contribution in [0.25, 0.3) is 0 Å². The predicted molar refractivity (Wildman–Crippen MR) is 116 cm³/mol. The summed E-state index contributed by atoms with van der Waals surface area (Å²) in [5, 5.41) is 2.94. The van der Waals surface area contributed by atoms with Gasteiger partial charge < -0.3 is 15.0 Å². The molecule has 29 heavy (non-hydrogen) atoms. The number of carbonyl (C=O) groups is 2. The van der Waals surface area contributed by atoms with Gasteiger partial charge in [-0.3, -0.25) is 9.59 Å². The van der Waals surface area contributed by atoms with Gasteiger partial charge in [0.1, 0.15) is 11.8 Å². The number of hydrogen-bond acceptors (Lipinski definition) is 3. The smallest absolute Gasteiger partial charge is 0.261 e. The van der Waals surface area contributed by atoms with Gasteiger partial charge in [0.05, 0.1) is 0 Å². The third-order valence-electron chi connectivity index (χ3n) is 4.80. The standard InChI is InChI=1S/C24H32N2O3/c1-6-22(24(28)25-17(2)3)26(15-20-10-8-7-9-19(20)5)23(27)16-29-21-13-11-18(4)12-14-21/h7-14,17,22H,6,15-16H2,1-5H3,(H,25,28). The molecule has 0 radical (unpaired) electrons. The SMILES string of the molecule is CCC(C(=O)NC(C)C)N(Cc1ccccc1C)C(=O)COc1ccc(C)cc1. The number of amides is 2. The van der Waals surface area contributed by atoms with Crippen LogP contribution < -0.4 is 10.1 Å². The number of benzene rings is 2. The van der Waals surface area contributed by atoms with Crippen molar-refractivity contribution < 1.29 is 14.3 Å². The highest BCUT2D eigenvalue weighted by atomic mass is 16.5. The van der Waals surface area contributed by atoms with E-state index in [9.17, 15) is 9.59 Å². The first-order chi connectivity index (χ1) is 13.8. The van der Waals surface area contributed by atoms with Gasteiger partial charge in [0.15, 0.2) is 6.61 Å². The average Bonchev–Trinajstić information content (AvgIpc) is 2.68. The first-order valence-electron chi connectivity index (χ1n) is 10.2. The summed E-state index contributed by atoms with van der Waals surface area (Å²) in [6.45, 7) is 10.0. The summed E-state index contributed by atoms with van der Waals surface area (Å²) >= 11 is 0. The number of carbonyl (C=O) groups excluding carboxylic acids is 2. The van der Waals surface area contributed by atoms with E-state index < -0.39 is 6.04 Å². The predicted octanol–water partition coefficient (Wildman–Crippen LogP) is 4.01. The molecule has 2 aromatic carbocycles. The second-order valence-corrected chi connectivity index (χ2v) is 7.64. The average molecular weight is 397 g/mol. The number of ether oxygens (including phenoxy) is 1. The molecule has 2 aromatic rings. The number of nitrogens with zero attached hydrogens (tertiary/aromatic N) is 1. The van der Waals surface area contributed by atoms with Crippen molar-refractivity contribution in [3.8, 4) is 5.75 Å². The van der Waals surface area contributed by atoms with E-state index >= 15 is 0 Å². The second-order valence-electron chi connectivity index (χ2n) is 7.64. The van der Waals surface area contributed by atoms with Gasteiger partial charge in [-0.1, -0.05) is 48.9 Å². The van der Waals surface area contributed by atoms with Gasteiger partial charge in [0.25, 0.3) is 5.91 Å². The van der Waals surface area contributed by atoms with Crippen LogP contribution in [0.1, 0.15) is 43.9 Å². The summed E-state index contributed by atoms with van der Waals surface area (Å²) in [5.41, 5.74) is 3.23. The molecule has 5 nitrogen and oxygen atoms in total. The highest BCUT2D eigenvalue weighted by Crippen LogP contribution is 2.17. The fourth-order valence-corrected chi connectivity index (χ4v) is 3.13. The van der Waals surface area contributed by atoms with Crippen molar-refractivity contribution in [2.24, 2.45) is 0 Å². The van der Waals surface area contributed by atoms with E-state index in [2.05, 4.69) is 5.32 Å². The molecule has 0 fully saturated rings. The molecule has 156 valence electrons. The first kappa shape index (κ1) is 22.5. The maximum atomic E-state index is 13.1. The molecule has 1 unspecified atom stereocenters. The van der Waals surface area contributed by atoms with Crippen molar-refractivity contribution >= 4 is 11.8 Å². The van der Waals surface area contributed by atoms with E-state index in [4.69, 9.17) is 4.74 Å². The van der Waals surface area contributed by atoms with E-state index in [0.29, 0.717) is 18.7 Å². The topological polar surface area (TPSA) is 58.6 Å². The van der Waals surface area contributed by atoms with Crippen LogP contribution in [0.5, 0.6) is 5.75 Å². The summed E-state index contributed by atoms with van der Waals surface area (Å²) in [7, 11) is 0. The number of rotatable bonds is 9. The number of hydrogen-bond donors (Lipinski definition) is 1. The van der Waals surface area contributed by atoms with Crippen LogP contribution in [-0.4, -0.2) is 35.4 Å². The van der Waals surface area contributed by atoms with Crippen LogP contribution in [0.2, 0.25) is 0 Å². The zero-order chi connectivity index (χ0) is 21.4. The molecular weight excluding hydrogens is 364 g/mol. The summed E-state index contributed by atoms with van der Waals surface area (Å²) in [5.74, 6) is 0.291. The zero-order valence-corrected chi connectivity index (χ0v) is 18.1. The van der Waals surface area contributed by atoms with Crippen LogP contribution in [0.3, 0.4) is 0 Å². The lowest BCUT2D eigenvalue weighted by Gasteiger charge is -2.31. The Labute approximate surface area is 174 Å². The Morgan fingerprint density at radius 1 is 1.03 bits per heavy atom. The molecule has 0 saturated carbocycles. The fourth-order valence-electron chi connectivity index (χ4n) is 3.13. The minimum atomic E-state index is -0.550. The highest BCUT2D eigenvalue weighted by Gasteiger charge is 2.29. The van der Waals surface area contributed by atoms with Crippen LogP contribution >= 0.6 is 0 Å².